The molecule has 64 valence electrons. The van der Waals surface area contributed by atoms with E-state index < -0.39 is 0 Å². The molecule has 0 bridgehead atoms. The van der Waals surface area contributed by atoms with Crippen LogP contribution < -0.4 is 5.32 Å². The van der Waals surface area contributed by atoms with Crippen molar-refractivity contribution in [2.45, 2.75) is 19.8 Å². The second kappa shape index (κ2) is 4.54. The molecule has 0 radical (unpaired) electrons. The fourth-order valence-corrected chi connectivity index (χ4v) is 1.01. The summed E-state index contributed by atoms with van der Waals surface area (Å²) in [5, 5.41) is 2.91. The van der Waals surface area contributed by atoms with Crippen molar-refractivity contribution in [2.75, 3.05) is 0 Å². The largest absolute Gasteiger partial charge is 0.368 e. The molecule has 0 aromatic carbocycles. The first-order valence-corrected chi connectivity index (χ1v) is 4.17. The van der Waals surface area contributed by atoms with Crippen LogP contribution in [0.25, 0.3) is 0 Å². The van der Waals surface area contributed by atoms with E-state index in [-0.39, 0.29) is 5.78 Å². The monoisotopic (exact) mass is 163 g/mol. The topological polar surface area (TPSA) is 29.1 Å². The van der Waals surface area contributed by atoms with Crippen molar-refractivity contribution in [1.29, 1.82) is 0 Å². The number of Topliss-reactive ketones (excluding diaryl/α,β-unsaturated/α-hetero) is 1. The Balaban J connectivity index is 2.66. The van der Waals surface area contributed by atoms with E-state index in [1.54, 1.807) is 18.5 Å². The van der Waals surface area contributed by atoms with Crippen LogP contribution in [-0.4, -0.2) is 5.78 Å². The van der Waals surface area contributed by atoms with Crippen LogP contribution in [0.1, 0.15) is 19.8 Å². The summed E-state index contributed by atoms with van der Waals surface area (Å²) in [5.41, 5.74) is 0.776. The summed E-state index contributed by atoms with van der Waals surface area (Å²) in [7, 11) is 0. The molecule has 0 spiro atoms. The molecule has 0 aromatic rings. The van der Waals surface area contributed by atoms with Crippen LogP contribution in [-0.2, 0) is 4.79 Å². The van der Waals surface area contributed by atoms with E-state index in [1.807, 2.05) is 19.1 Å². The van der Waals surface area contributed by atoms with Crippen LogP contribution in [0.2, 0.25) is 0 Å². The Morgan fingerprint density at radius 1 is 1.50 bits per heavy atom. The quantitative estimate of drug-likeness (QED) is 0.688. The van der Waals surface area contributed by atoms with E-state index in [1.165, 1.54) is 0 Å². The fraction of sp³-hybridized carbons (Fsp3) is 0.300. The summed E-state index contributed by atoms with van der Waals surface area (Å²) in [5.74, 6) is 0.210. The lowest BCUT2D eigenvalue weighted by Gasteiger charge is -1.96. The maximum Gasteiger partial charge on any atom is 0.162 e. The Labute approximate surface area is 72.7 Å². The van der Waals surface area contributed by atoms with Gasteiger partial charge in [-0.05, 0) is 24.6 Å². The maximum atomic E-state index is 11.4. The van der Waals surface area contributed by atoms with Crippen LogP contribution >= 0.6 is 0 Å². The molecule has 0 aromatic heterocycles. The lowest BCUT2D eigenvalue weighted by atomic mass is 10.1. The molecule has 0 aliphatic carbocycles. The first kappa shape index (κ1) is 8.78. The predicted octanol–water partition coefficient (Wildman–Crippen LogP) is 1.91. The molecular formula is C10H13NO. The molecule has 0 saturated heterocycles. The van der Waals surface area contributed by atoms with E-state index in [9.17, 15) is 4.79 Å². The molecule has 1 aliphatic heterocycles. The van der Waals surface area contributed by atoms with Crippen LogP contribution in [0.15, 0.2) is 36.2 Å². The number of hydrogen-bond acceptors (Lipinski definition) is 2. The molecule has 0 saturated carbocycles. The SMILES string of the molecule is CCCC(=O)C1=CC=CNC=C1. The zero-order chi connectivity index (χ0) is 8.81. The van der Waals surface area contributed by atoms with Crippen LogP contribution in [0.4, 0.5) is 0 Å². The van der Waals surface area contributed by atoms with Crippen LogP contribution in [0.3, 0.4) is 0 Å². The summed E-state index contributed by atoms with van der Waals surface area (Å²) >= 11 is 0. The standard InChI is InChI=1S/C10H13NO/c1-2-4-10(12)9-5-3-7-11-8-6-9/h3,5-8,11H,2,4H2,1H3. The smallest absolute Gasteiger partial charge is 0.162 e. The van der Waals surface area contributed by atoms with E-state index >= 15 is 0 Å². The summed E-state index contributed by atoms with van der Waals surface area (Å²) in [6.45, 7) is 2.01. The van der Waals surface area contributed by atoms with Crippen molar-refractivity contribution in [2.24, 2.45) is 0 Å². The summed E-state index contributed by atoms with van der Waals surface area (Å²) in [6, 6.07) is 0. The molecule has 12 heavy (non-hydrogen) atoms. The third-order valence-corrected chi connectivity index (χ3v) is 1.63. The minimum absolute atomic E-state index is 0.210. The summed E-state index contributed by atoms with van der Waals surface area (Å²) < 4.78 is 0. The number of carbonyl (C=O) groups is 1. The Morgan fingerprint density at radius 3 is 3.08 bits per heavy atom. The normalized spacial score (nSPS) is 14.9. The molecule has 2 nitrogen and oxygen atoms in total. The van der Waals surface area contributed by atoms with E-state index in [2.05, 4.69) is 5.32 Å². The number of nitrogens with one attached hydrogen (secondary N) is 1. The molecule has 0 fully saturated rings. The van der Waals surface area contributed by atoms with E-state index in [0.29, 0.717) is 6.42 Å². The minimum atomic E-state index is 0.210. The number of allylic oxidation sites excluding steroid dienone is 4. The van der Waals surface area contributed by atoms with Gasteiger partial charge in [0.05, 0.1) is 0 Å². The lowest BCUT2D eigenvalue weighted by molar-refractivity contribution is -0.115. The van der Waals surface area contributed by atoms with Crippen molar-refractivity contribution >= 4 is 5.78 Å². The average Bonchev–Trinajstić information content (AvgIpc) is 2.32. The molecular weight excluding hydrogens is 150 g/mol. The highest BCUT2D eigenvalue weighted by atomic mass is 16.1. The van der Waals surface area contributed by atoms with Gasteiger partial charge in [-0.2, -0.15) is 0 Å². The molecule has 0 unspecified atom stereocenters. The van der Waals surface area contributed by atoms with Gasteiger partial charge in [-0.25, -0.2) is 0 Å². The molecule has 2 heteroatoms. The lowest BCUT2D eigenvalue weighted by Crippen LogP contribution is -1.99. The van der Waals surface area contributed by atoms with Crippen molar-refractivity contribution in [3.8, 4) is 0 Å². The van der Waals surface area contributed by atoms with Gasteiger partial charge in [-0.3, -0.25) is 4.79 Å². The van der Waals surface area contributed by atoms with Crippen LogP contribution in [0, 0.1) is 0 Å². The first-order valence-electron chi connectivity index (χ1n) is 4.17. The second-order valence-corrected chi connectivity index (χ2v) is 2.65. The first-order chi connectivity index (χ1) is 5.84. The molecule has 1 heterocycles. The second-order valence-electron chi connectivity index (χ2n) is 2.65. The van der Waals surface area contributed by atoms with Gasteiger partial charge >= 0.3 is 0 Å². The third-order valence-electron chi connectivity index (χ3n) is 1.63. The van der Waals surface area contributed by atoms with Gasteiger partial charge in [0.15, 0.2) is 5.78 Å². The number of ketones is 1. The molecule has 1 rings (SSSR count). The zero-order valence-electron chi connectivity index (χ0n) is 7.21. The zero-order valence-corrected chi connectivity index (χ0v) is 7.21. The van der Waals surface area contributed by atoms with Gasteiger partial charge < -0.3 is 5.32 Å². The van der Waals surface area contributed by atoms with Gasteiger partial charge in [0.1, 0.15) is 0 Å². The van der Waals surface area contributed by atoms with Crippen molar-refractivity contribution in [3.63, 3.8) is 0 Å². The maximum absolute atomic E-state index is 11.4. The highest BCUT2D eigenvalue weighted by Crippen LogP contribution is 2.05. The Bertz CT molecular complexity index is 249. The molecule has 1 aliphatic rings. The molecule has 0 amide bonds. The fourth-order valence-electron chi connectivity index (χ4n) is 1.01. The van der Waals surface area contributed by atoms with E-state index in [0.717, 1.165) is 12.0 Å². The van der Waals surface area contributed by atoms with E-state index in [4.69, 9.17) is 0 Å². The Morgan fingerprint density at radius 2 is 2.33 bits per heavy atom. The third kappa shape index (κ3) is 2.38. The number of hydrogen-bond donors (Lipinski definition) is 1. The van der Waals surface area contributed by atoms with Crippen LogP contribution in [0.5, 0.6) is 0 Å². The molecule has 1 N–H and O–H groups in total. The van der Waals surface area contributed by atoms with Gasteiger partial charge in [0.25, 0.3) is 0 Å². The van der Waals surface area contributed by atoms with Crippen molar-refractivity contribution in [1.82, 2.24) is 5.32 Å². The highest BCUT2D eigenvalue weighted by Gasteiger charge is 2.03. The predicted molar refractivity (Wildman–Crippen MR) is 49.4 cm³/mol. The molecule has 0 atom stereocenters. The summed E-state index contributed by atoms with van der Waals surface area (Å²) in [4.78, 5) is 11.4. The van der Waals surface area contributed by atoms with Crippen molar-refractivity contribution < 1.29 is 4.79 Å². The Kier molecular flexibility index (Phi) is 3.33. The average molecular weight is 163 g/mol. The number of rotatable bonds is 3. The minimum Gasteiger partial charge on any atom is -0.368 e. The van der Waals surface area contributed by atoms with Gasteiger partial charge in [0.2, 0.25) is 0 Å². The van der Waals surface area contributed by atoms with Gasteiger partial charge in [-0.1, -0.05) is 6.92 Å². The highest BCUT2D eigenvalue weighted by molar-refractivity contribution is 5.98. The number of carbonyl (C=O) groups excluding carboxylic acids is 1. The Hall–Kier alpha value is -1.31. The van der Waals surface area contributed by atoms with Gasteiger partial charge in [0, 0.05) is 24.4 Å². The summed E-state index contributed by atoms with van der Waals surface area (Å²) in [6.07, 6.45) is 10.6. The van der Waals surface area contributed by atoms with Crippen molar-refractivity contribution in [3.05, 3.63) is 36.2 Å². The van der Waals surface area contributed by atoms with Gasteiger partial charge in [-0.15, -0.1) is 0 Å².